The lowest BCUT2D eigenvalue weighted by molar-refractivity contribution is -0.134. The minimum absolute atomic E-state index is 0.0798. The Labute approximate surface area is 126 Å². The molecule has 1 aliphatic carbocycles. The van der Waals surface area contributed by atoms with Gasteiger partial charge < -0.3 is 10.6 Å². The van der Waals surface area contributed by atoms with Crippen molar-refractivity contribution >= 4 is 17.5 Å². The number of carbonyl (C=O) groups is 1. The Hall–Kier alpha value is -1.06. The molecule has 1 fully saturated rings. The van der Waals surface area contributed by atoms with Crippen LogP contribution in [0.2, 0.25) is 5.02 Å². The van der Waals surface area contributed by atoms with Gasteiger partial charge in [-0.2, -0.15) is 0 Å². The summed E-state index contributed by atoms with van der Waals surface area (Å²) < 4.78 is 0. The van der Waals surface area contributed by atoms with Gasteiger partial charge in [-0.15, -0.1) is 0 Å². The first-order chi connectivity index (χ1) is 9.47. The van der Waals surface area contributed by atoms with Crippen molar-refractivity contribution in [3.63, 3.8) is 0 Å². The van der Waals surface area contributed by atoms with Gasteiger partial charge in [-0.3, -0.25) is 4.79 Å². The van der Waals surface area contributed by atoms with Crippen LogP contribution in [0.3, 0.4) is 0 Å². The Kier molecular flexibility index (Phi) is 5.06. The van der Waals surface area contributed by atoms with Crippen molar-refractivity contribution in [2.24, 2.45) is 11.7 Å². The number of amides is 1. The van der Waals surface area contributed by atoms with Gasteiger partial charge in [0.15, 0.2) is 0 Å². The number of rotatable bonds is 6. The van der Waals surface area contributed by atoms with Crippen molar-refractivity contribution in [2.75, 3.05) is 0 Å². The average Bonchev–Trinajstić information content (AvgIpc) is 3.21. The first-order valence-corrected chi connectivity index (χ1v) is 7.65. The first kappa shape index (κ1) is 15.3. The minimum atomic E-state index is -0.386. The van der Waals surface area contributed by atoms with Gasteiger partial charge in [0.05, 0.1) is 6.04 Å². The zero-order valence-corrected chi connectivity index (χ0v) is 12.9. The van der Waals surface area contributed by atoms with E-state index >= 15 is 0 Å². The van der Waals surface area contributed by atoms with Gasteiger partial charge in [-0.25, -0.2) is 0 Å². The van der Waals surface area contributed by atoms with E-state index in [1.807, 2.05) is 29.2 Å². The van der Waals surface area contributed by atoms with Crippen molar-refractivity contribution < 1.29 is 4.79 Å². The molecule has 1 aromatic rings. The van der Waals surface area contributed by atoms with Gasteiger partial charge >= 0.3 is 0 Å². The van der Waals surface area contributed by atoms with Crippen molar-refractivity contribution in [3.8, 4) is 0 Å². The standard InChI is InChI=1S/C16H23ClN2O/c1-11(2)9-15(18)16(20)19(14-7-8-14)10-12-3-5-13(17)6-4-12/h3-6,11,14-15H,7-10,18H2,1-2H3/t15-/m1/s1. The Bertz CT molecular complexity index is 454. The molecule has 0 unspecified atom stereocenters. The second kappa shape index (κ2) is 6.59. The number of nitrogens with two attached hydrogens (primary N) is 1. The molecule has 1 aliphatic rings. The van der Waals surface area contributed by atoms with E-state index in [-0.39, 0.29) is 11.9 Å². The van der Waals surface area contributed by atoms with E-state index in [1.54, 1.807) is 0 Å². The first-order valence-electron chi connectivity index (χ1n) is 7.28. The monoisotopic (exact) mass is 294 g/mol. The topological polar surface area (TPSA) is 46.3 Å². The van der Waals surface area contributed by atoms with Crippen LogP contribution in [0.25, 0.3) is 0 Å². The molecule has 1 amide bonds. The Morgan fingerprint density at radius 3 is 2.45 bits per heavy atom. The summed E-state index contributed by atoms with van der Waals surface area (Å²) in [6, 6.07) is 7.65. The summed E-state index contributed by atoms with van der Waals surface area (Å²) in [6.07, 6.45) is 2.92. The maximum atomic E-state index is 12.5. The molecule has 0 bridgehead atoms. The molecular formula is C16H23ClN2O. The molecule has 1 atom stereocenters. The number of hydrogen-bond acceptors (Lipinski definition) is 2. The predicted octanol–water partition coefficient (Wildman–Crippen LogP) is 3.20. The molecule has 0 aliphatic heterocycles. The van der Waals surface area contributed by atoms with Crippen LogP contribution in [-0.2, 0) is 11.3 Å². The highest BCUT2D eigenvalue weighted by molar-refractivity contribution is 6.30. The van der Waals surface area contributed by atoms with E-state index in [9.17, 15) is 4.79 Å². The van der Waals surface area contributed by atoms with Crippen molar-refractivity contribution in [1.82, 2.24) is 4.90 Å². The van der Waals surface area contributed by atoms with Crippen LogP contribution in [0.1, 0.15) is 38.7 Å². The Morgan fingerprint density at radius 1 is 1.35 bits per heavy atom. The molecule has 0 spiro atoms. The molecule has 110 valence electrons. The molecule has 2 N–H and O–H groups in total. The molecule has 2 rings (SSSR count). The highest BCUT2D eigenvalue weighted by Crippen LogP contribution is 2.29. The van der Waals surface area contributed by atoms with E-state index in [0.29, 0.717) is 18.5 Å². The van der Waals surface area contributed by atoms with Crippen LogP contribution < -0.4 is 5.73 Å². The van der Waals surface area contributed by atoms with Crippen LogP contribution in [0.4, 0.5) is 0 Å². The molecule has 1 saturated carbocycles. The predicted molar refractivity (Wildman–Crippen MR) is 82.5 cm³/mol. The van der Waals surface area contributed by atoms with E-state index in [4.69, 9.17) is 17.3 Å². The lowest BCUT2D eigenvalue weighted by atomic mass is 10.0. The zero-order chi connectivity index (χ0) is 14.7. The van der Waals surface area contributed by atoms with Crippen LogP contribution in [0.5, 0.6) is 0 Å². The maximum Gasteiger partial charge on any atom is 0.240 e. The third kappa shape index (κ3) is 4.22. The Balaban J connectivity index is 2.03. The van der Waals surface area contributed by atoms with E-state index in [0.717, 1.165) is 29.8 Å². The van der Waals surface area contributed by atoms with E-state index in [1.165, 1.54) is 0 Å². The number of nitrogens with zero attached hydrogens (tertiary/aromatic N) is 1. The fourth-order valence-electron chi connectivity index (χ4n) is 2.38. The minimum Gasteiger partial charge on any atom is -0.334 e. The lowest BCUT2D eigenvalue weighted by Gasteiger charge is -2.26. The molecule has 3 nitrogen and oxygen atoms in total. The molecule has 0 radical (unpaired) electrons. The third-order valence-electron chi connectivity index (χ3n) is 3.58. The number of halogens is 1. The summed E-state index contributed by atoms with van der Waals surface area (Å²) in [5.74, 6) is 0.515. The molecule has 0 heterocycles. The highest BCUT2D eigenvalue weighted by Gasteiger charge is 2.34. The van der Waals surface area contributed by atoms with Crippen LogP contribution in [0, 0.1) is 5.92 Å². The summed E-state index contributed by atoms with van der Waals surface area (Å²) in [7, 11) is 0. The summed E-state index contributed by atoms with van der Waals surface area (Å²) in [4.78, 5) is 14.4. The number of carbonyl (C=O) groups excluding carboxylic acids is 1. The largest absolute Gasteiger partial charge is 0.334 e. The van der Waals surface area contributed by atoms with E-state index < -0.39 is 0 Å². The molecule has 0 saturated heterocycles. The highest BCUT2D eigenvalue weighted by atomic mass is 35.5. The average molecular weight is 295 g/mol. The normalized spacial score (nSPS) is 16.2. The maximum absolute atomic E-state index is 12.5. The summed E-state index contributed by atoms with van der Waals surface area (Å²) >= 11 is 5.89. The summed E-state index contributed by atoms with van der Waals surface area (Å²) in [6.45, 7) is 4.81. The van der Waals surface area contributed by atoms with Gasteiger partial charge in [-0.1, -0.05) is 37.6 Å². The molecule has 4 heteroatoms. The van der Waals surface area contributed by atoms with Gasteiger partial charge in [0.1, 0.15) is 0 Å². The van der Waals surface area contributed by atoms with Crippen LogP contribution in [-0.4, -0.2) is 22.9 Å². The zero-order valence-electron chi connectivity index (χ0n) is 12.2. The van der Waals surface area contributed by atoms with Crippen molar-refractivity contribution in [1.29, 1.82) is 0 Å². The fraction of sp³-hybridized carbons (Fsp3) is 0.562. The van der Waals surface area contributed by atoms with Gasteiger partial charge in [0, 0.05) is 17.6 Å². The van der Waals surface area contributed by atoms with Gasteiger partial charge in [-0.05, 0) is 42.9 Å². The van der Waals surface area contributed by atoms with Gasteiger partial charge in [0.25, 0.3) is 0 Å². The SMILES string of the molecule is CC(C)C[C@@H](N)C(=O)N(Cc1ccc(Cl)cc1)C1CC1. The lowest BCUT2D eigenvalue weighted by Crippen LogP contribution is -2.45. The summed E-state index contributed by atoms with van der Waals surface area (Å²) in [5, 5.41) is 0.717. The molecule has 1 aromatic carbocycles. The smallest absolute Gasteiger partial charge is 0.240 e. The molecular weight excluding hydrogens is 272 g/mol. The number of hydrogen-bond donors (Lipinski definition) is 1. The van der Waals surface area contributed by atoms with E-state index in [2.05, 4.69) is 13.8 Å². The Morgan fingerprint density at radius 2 is 1.95 bits per heavy atom. The molecule has 20 heavy (non-hydrogen) atoms. The fourth-order valence-corrected chi connectivity index (χ4v) is 2.51. The quantitative estimate of drug-likeness (QED) is 0.876. The third-order valence-corrected chi connectivity index (χ3v) is 3.83. The number of benzene rings is 1. The van der Waals surface area contributed by atoms with Crippen LogP contribution >= 0.6 is 11.6 Å². The summed E-state index contributed by atoms with van der Waals surface area (Å²) in [5.41, 5.74) is 7.15. The van der Waals surface area contributed by atoms with Crippen molar-refractivity contribution in [2.45, 2.75) is 51.7 Å². The van der Waals surface area contributed by atoms with Crippen molar-refractivity contribution in [3.05, 3.63) is 34.9 Å². The second-order valence-corrected chi connectivity index (χ2v) is 6.50. The van der Waals surface area contributed by atoms with Gasteiger partial charge in [0.2, 0.25) is 5.91 Å². The second-order valence-electron chi connectivity index (χ2n) is 6.06. The molecule has 0 aromatic heterocycles. The van der Waals surface area contributed by atoms with Crippen LogP contribution in [0.15, 0.2) is 24.3 Å².